The number of rotatable bonds is 3. The Morgan fingerprint density at radius 1 is 1.17 bits per heavy atom. The summed E-state index contributed by atoms with van der Waals surface area (Å²) >= 11 is 6.04. The first kappa shape index (κ1) is 13.8. The Bertz CT molecular complexity index is 1020. The first-order valence-corrected chi connectivity index (χ1v) is 7.41. The Balaban J connectivity index is 1.56. The van der Waals surface area contributed by atoms with Crippen molar-refractivity contribution in [2.45, 2.75) is 6.54 Å². The van der Waals surface area contributed by atoms with Gasteiger partial charge in [-0.15, -0.1) is 0 Å². The minimum atomic E-state index is -0.158. The molecule has 0 bridgehead atoms. The van der Waals surface area contributed by atoms with Crippen LogP contribution in [0.25, 0.3) is 16.6 Å². The third kappa shape index (κ3) is 2.53. The van der Waals surface area contributed by atoms with Gasteiger partial charge in [0.1, 0.15) is 17.3 Å². The summed E-state index contributed by atoms with van der Waals surface area (Å²) in [5, 5.41) is 8.60. The van der Waals surface area contributed by atoms with Crippen molar-refractivity contribution in [1.29, 1.82) is 0 Å². The summed E-state index contributed by atoms with van der Waals surface area (Å²) in [5.74, 6) is -0.158. The highest BCUT2D eigenvalue weighted by Crippen LogP contribution is 2.17. The van der Waals surface area contributed by atoms with Gasteiger partial charge in [-0.2, -0.15) is 5.10 Å². The third-order valence-electron chi connectivity index (χ3n) is 3.59. The van der Waals surface area contributed by atoms with Gasteiger partial charge in [-0.05, 0) is 18.2 Å². The molecule has 6 nitrogen and oxygen atoms in total. The minimum Gasteiger partial charge on any atom is -0.323 e. The zero-order chi connectivity index (χ0) is 15.8. The zero-order valence-corrected chi connectivity index (χ0v) is 12.7. The molecule has 0 radical (unpaired) electrons. The smallest absolute Gasteiger partial charge is 0.246 e. The number of nitrogens with one attached hydrogen (secondary N) is 1. The van der Waals surface area contributed by atoms with Crippen molar-refractivity contribution >= 4 is 39.7 Å². The lowest BCUT2D eigenvalue weighted by atomic mass is 10.2. The van der Waals surface area contributed by atoms with E-state index in [-0.39, 0.29) is 12.5 Å². The number of fused-ring (bicyclic) bond motifs is 2. The SMILES string of the molecule is O=C(Cn1ncc2ccccc21)Nc1ccc2ncc(Cl)n2c1. The molecule has 0 spiro atoms. The second kappa shape index (κ2) is 5.40. The Morgan fingerprint density at radius 2 is 2.04 bits per heavy atom. The average molecular weight is 326 g/mol. The van der Waals surface area contributed by atoms with Gasteiger partial charge in [0.2, 0.25) is 5.91 Å². The third-order valence-corrected chi connectivity index (χ3v) is 3.87. The number of imidazole rings is 1. The summed E-state index contributed by atoms with van der Waals surface area (Å²) in [7, 11) is 0. The second-order valence-corrected chi connectivity index (χ2v) is 5.52. The molecule has 4 rings (SSSR count). The van der Waals surface area contributed by atoms with Gasteiger partial charge in [0.25, 0.3) is 0 Å². The number of carbonyl (C=O) groups is 1. The van der Waals surface area contributed by atoms with Crippen LogP contribution in [0.5, 0.6) is 0 Å². The maximum atomic E-state index is 12.3. The van der Waals surface area contributed by atoms with Gasteiger partial charge >= 0.3 is 0 Å². The molecule has 3 heterocycles. The first-order chi connectivity index (χ1) is 11.2. The maximum Gasteiger partial charge on any atom is 0.246 e. The number of halogens is 1. The van der Waals surface area contributed by atoms with Crippen molar-refractivity contribution in [3.8, 4) is 0 Å². The molecule has 3 aromatic heterocycles. The Hall–Kier alpha value is -2.86. The largest absolute Gasteiger partial charge is 0.323 e. The highest BCUT2D eigenvalue weighted by Gasteiger charge is 2.09. The molecule has 0 aliphatic rings. The molecule has 0 aliphatic heterocycles. The van der Waals surface area contributed by atoms with Crippen molar-refractivity contribution in [3.63, 3.8) is 0 Å². The molecular weight excluding hydrogens is 314 g/mol. The predicted octanol–water partition coefficient (Wildman–Crippen LogP) is 2.98. The van der Waals surface area contributed by atoms with Crippen LogP contribution in [0, 0.1) is 0 Å². The lowest BCUT2D eigenvalue weighted by Crippen LogP contribution is -2.19. The second-order valence-electron chi connectivity index (χ2n) is 5.14. The van der Waals surface area contributed by atoms with Gasteiger partial charge in [0, 0.05) is 11.6 Å². The Morgan fingerprint density at radius 3 is 2.96 bits per heavy atom. The van der Waals surface area contributed by atoms with Crippen LogP contribution in [-0.2, 0) is 11.3 Å². The van der Waals surface area contributed by atoms with E-state index in [1.165, 1.54) is 0 Å². The minimum absolute atomic E-state index is 0.142. The number of benzene rings is 1. The topological polar surface area (TPSA) is 64.2 Å². The van der Waals surface area contributed by atoms with Gasteiger partial charge < -0.3 is 5.32 Å². The van der Waals surface area contributed by atoms with Gasteiger partial charge in [-0.3, -0.25) is 13.9 Å². The highest BCUT2D eigenvalue weighted by molar-refractivity contribution is 6.29. The summed E-state index contributed by atoms with van der Waals surface area (Å²) in [4.78, 5) is 16.4. The maximum absolute atomic E-state index is 12.3. The number of amides is 1. The summed E-state index contributed by atoms with van der Waals surface area (Å²) < 4.78 is 3.38. The molecule has 4 aromatic rings. The van der Waals surface area contributed by atoms with Crippen molar-refractivity contribution < 1.29 is 4.79 Å². The van der Waals surface area contributed by atoms with Gasteiger partial charge in [-0.25, -0.2) is 4.98 Å². The van der Waals surface area contributed by atoms with E-state index >= 15 is 0 Å². The number of nitrogens with zero attached hydrogens (tertiary/aromatic N) is 4. The van der Waals surface area contributed by atoms with Crippen LogP contribution in [0.3, 0.4) is 0 Å². The predicted molar refractivity (Wildman–Crippen MR) is 88.6 cm³/mol. The van der Waals surface area contributed by atoms with E-state index in [1.807, 2.05) is 24.3 Å². The number of aromatic nitrogens is 4. The van der Waals surface area contributed by atoms with Gasteiger partial charge in [0.15, 0.2) is 0 Å². The molecule has 23 heavy (non-hydrogen) atoms. The molecule has 1 amide bonds. The van der Waals surface area contributed by atoms with Crippen LogP contribution in [0.2, 0.25) is 5.15 Å². The molecule has 1 aromatic carbocycles. The fraction of sp³-hybridized carbons (Fsp3) is 0.0625. The normalized spacial score (nSPS) is 11.2. The fourth-order valence-electron chi connectivity index (χ4n) is 2.51. The molecule has 0 saturated carbocycles. The average Bonchev–Trinajstić information content (AvgIpc) is 3.12. The Kier molecular flexibility index (Phi) is 3.24. The first-order valence-electron chi connectivity index (χ1n) is 7.04. The van der Waals surface area contributed by atoms with Crippen molar-refractivity contribution in [1.82, 2.24) is 19.2 Å². The number of hydrogen-bond donors (Lipinski definition) is 1. The van der Waals surface area contributed by atoms with E-state index in [4.69, 9.17) is 11.6 Å². The van der Waals surface area contributed by atoms with Gasteiger partial charge in [0.05, 0.1) is 23.6 Å². The molecule has 0 fully saturated rings. The van der Waals surface area contributed by atoms with Gasteiger partial charge in [-0.1, -0.05) is 29.8 Å². The molecule has 114 valence electrons. The number of para-hydroxylation sites is 1. The molecular formula is C16H12ClN5O. The summed E-state index contributed by atoms with van der Waals surface area (Å²) in [6, 6.07) is 11.4. The van der Waals surface area contributed by atoms with Crippen LogP contribution in [0.15, 0.2) is 55.0 Å². The quantitative estimate of drug-likeness (QED) is 0.630. The number of anilines is 1. The Labute approximate surface area is 136 Å². The molecule has 7 heteroatoms. The van der Waals surface area contributed by atoms with E-state index in [0.717, 1.165) is 16.6 Å². The molecule has 0 saturated heterocycles. The van der Waals surface area contributed by atoms with Crippen LogP contribution in [-0.4, -0.2) is 25.1 Å². The number of pyridine rings is 1. The molecule has 1 N–H and O–H groups in total. The van der Waals surface area contributed by atoms with Crippen LogP contribution in [0.4, 0.5) is 5.69 Å². The fourth-order valence-corrected chi connectivity index (χ4v) is 2.70. The zero-order valence-electron chi connectivity index (χ0n) is 12.0. The number of carbonyl (C=O) groups excluding carboxylic acids is 1. The van der Waals surface area contributed by atoms with Crippen molar-refractivity contribution in [3.05, 3.63) is 60.1 Å². The van der Waals surface area contributed by atoms with Crippen molar-refractivity contribution in [2.75, 3.05) is 5.32 Å². The van der Waals surface area contributed by atoms with E-state index in [9.17, 15) is 4.79 Å². The van der Waals surface area contributed by atoms with Crippen LogP contribution < -0.4 is 5.32 Å². The van der Waals surface area contributed by atoms with E-state index < -0.39 is 0 Å². The standard InChI is InChI=1S/C16H12ClN5O/c17-14-8-18-15-6-5-12(9-21(14)15)20-16(23)10-22-13-4-2-1-3-11(13)7-19-22/h1-9H,10H2,(H,20,23). The van der Waals surface area contributed by atoms with E-state index in [1.54, 1.807) is 39.8 Å². The summed E-state index contributed by atoms with van der Waals surface area (Å²) in [5.41, 5.74) is 2.31. The molecule has 0 atom stereocenters. The monoisotopic (exact) mass is 325 g/mol. The van der Waals surface area contributed by atoms with Crippen molar-refractivity contribution in [2.24, 2.45) is 0 Å². The lowest BCUT2D eigenvalue weighted by molar-refractivity contribution is -0.116. The summed E-state index contributed by atoms with van der Waals surface area (Å²) in [6.07, 6.45) is 5.06. The van der Waals surface area contributed by atoms with E-state index in [0.29, 0.717) is 10.8 Å². The molecule has 0 unspecified atom stereocenters. The van der Waals surface area contributed by atoms with Crippen LogP contribution >= 0.6 is 11.6 Å². The highest BCUT2D eigenvalue weighted by atomic mass is 35.5. The summed E-state index contributed by atoms with van der Waals surface area (Å²) in [6.45, 7) is 0.142. The van der Waals surface area contributed by atoms with Crippen LogP contribution in [0.1, 0.15) is 0 Å². The molecule has 0 aliphatic carbocycles. The lowest BCUT2D eigenvalue weighted by Gasteiger charge is -2.07. The van der Waals surface area contributed by atoms with E-state index in [2.05, 4.69) is 15.4 Å². The number of hydrogen-bond acceptors (Lipinski definition) is 3.